The highest BCUT2D eigenvalue weighted by molar-refractivity contribution is 5.97. The second-order valence-corrected chi connectivity index (χ2v) is 10.6. The Morgan fingerprint density at radius 2 is 1.97 bits per heavy atom. The maximum atomic E-state index is 11.9. The summed E-state index contributed by atoms with van der Waals surface area (Å²) >= 11 is 0. The summed E-state index contributed by atoms with van der Waals surface area (Å²) in [4.78, 5) is 35.4. The average Bonchev–Trinajstić information content (AvgIpc) is 2.96. The van der Waals surface area contributed by atoms with E-state index in [0.29, 0.717) is 48.5 Å². The second-order valence-electron chi connectivity index (χ2n) is 10.6. The van der Waals surface area contributed by atoms with Crippen LogP contribution in [-0.4, -0.2) is 33.3 Å². The van der Waals surface area contributed by atoms with Crippen molar-refractivity contribution in [3.05, 3.63) is 36.0 Å². The summed E-state index contributed by atoms with van der Waals surface area (Å²) in [6.07, 6.45) is 7.34. The molecule has 0 amide bonds. The van der Waals surface area contributed by atoms with Gasteiger partial charge in [-0.05, 0) is 87.2 Å². The van der Waals surface area contributed by atoms with Crippen LogP contribution in [0.4, 0.5) is 0 Å². The van der Waals surface area contributed by atoms with Gasteiger partial charge < -0.3 is 10.2 Å². The number of allylic oxidation sites excluding steroid dienone is 2. The summed E-state index contributed by atoms with van der Waals surface area (Å²) in [5.74, 6) is -1.06. The number of carbonyl (C=O) groups is 3. The fourth-order valence-corrected chi connectivity index (χ4v) is 7.62. The monoisotopic (exact) mass is 426 g/mol. The molecule has 2 N–H and O–H groups in total. The fourth-order valence-electron chi connectivity index (χ4n) is 7.62. The van der Waals surface area contributed by atoms with Crippen LogP contribution in [0.2, 0.25) is 0 Å². The molecule has 4 aliphatic carbocycles. The number of carboxylic acids is 1. The smallest absolute Gasteiger partial charge is 0.314 e. The largest absolute Gasteiger partial charge is 0.481 e. The van der Waals surface area contributed by atoms with Crippen LogP contribution in [-0.2, 0) is 14.4 Å². The average molecular weight is 427 g/mol. The van der Waals surface area contributed by atoms with Crippen molar-refractivity contribution in [3.8, 4) is 0 Å². The first-order valence-electron chi connectivity index (χ1n) is 11.5. The number of aliphatic carboxylic acids is 1. The van der Waals surface area contributed by atoms with Crippen molar-refractivity contribution >= 4 is 17.5 Å². The fraction of sp³-hybridized carbons (Fsp3) is 0.654. The zero-order chi connectivity index (χ0) is 22.7. The molecule has 0 aromatic heterocycles. The summed E-state index contributed by atoms with van der Waals surface area (Å²) < 4.78 is 0. The van der Waals surface area contributed by atoms with Crippen molar-refractivity contribution in [3.63, 3.8) is 0 Å². The van der Waals surface area contributed by atoms with Gasteiger partial charge in [0.25, 0.3) is 0 Å². The Hall–Kier alpha value is -2.01. The van der Waals surface area contributed by atoms with Crippen LogP contribution in [0, 0.1) is 35.0 Å². The van der Waals surface area contributed by atoms with Crippen molar-refractivity contribution in [1.82, 2.24) is 0 Å². The number of ketones is 2. The predicted molar refractivity (Wildman–Crippen MR) is 117 cm³/mol. The van der Waals surface area contributed by atoms with E-state index in [1.807, 2.05) is 6.08 Å². The minimum absolute atomic E-state index is 0.0261. The van der Waals surface area contributed by atoms with Crippen LogP contribution in [0.15, 0.2) is 36.0 Å². The summed E-state index contributed by atoms with van der Waals surface area (Å²) in [6, 6.07) is 0. The molecule has 0 bridgehead atoms. The number of Topliss-reactive ketones (excluding diaryl/α,β-unsaturated/α-hetero) is 1. The van der Waals surface area contributed by atoms with Gasteiger partial charge in [-0.15, -0.1) is 0 Å². The number of rotatable bonds is 5. The lowest BCUT2D eigenvalue weighted by atomic mass is 9.48. The molecule has 7 atom stereocenters. The van der Waals surface area contributed by atoms with Gasteiger partial charge in [0.1, 0.15) is 11.7 Å². The van der Waals surface area contributed by atoms with E-state index in [9.17, 15) is 24.6 Å². The SMILES string of the molecule is C=C1C[C@@]2(C)[C@@H](CC[C@@]2(O)C(=C)CC(C(C)=O)C(=O)O)[C@@H]2CCC3=CC(=O)CC[C@@H]3[C@@H]12. The highest BCUT2D eigenvalue weighted by atomic mass is 16.4. The lowest BCUT2D eigenvalue weighted by molar-refractivity contribution is -0.146. The van der Waals surface area contributed by atoms with Gasteiger partial charge in [-0.25, -0.2) is 0 Å². The van der Waals surface area contributed by atoms with Gasteiger partial charge in [-0.3, -0.25) is 14.4 Å². The standard InChI is InChI=1S/C26H34O5/c1-14-13-25(4)22(20-7-5-17-12-18(28)6-8-19(17)23(14)20)9-10-26(25,31)15(2)11-21(16(3)27)24(29)30/h12,19-23,31H,1-2,5-11,13H2,3-4H3,(H,29,30)/t19-,20-,21?,22-,23+,25-,26+/m0/s1. The molecule has 1 unspecified atom stereocenters. The Morgan fingerprint density at radius 1 is 1.26 bits per heavy atom. The molecule has 168 valence electrons. The minimum atomic E-state index is -1.20. The van der Waals surface area contributed by atoms with Crippen molar-refractivity contribution < 1.29 is 24.6 Å². The molecule has 4 rings (SSSR count). The molecular weight excluding hydrogens is 392 g/mol. The van der Waals surface area contributed by atoms with E-state index in [1.54, 1.807) is 0 Å². The second kappa shape index (κ2) is 7.54. The molecule has 31 heavy (non-hydrogen) atoms. The maximum Gasteiger partial charge on any atom is 0.314 e. The zero-order valence-electron chi connectivity index (χ0n) is 18.7. The maximum absolute atomic E-state index is 11.9. The number of aliphatic hydroxyl groups is 1. The number of carbonyl (C=O) groups excluding carboxylic acids is 2. The van der Waals surface area contributed by atoms with Gasteiger partial charge in [0.15, 0.2) is 5.78 Å². The van der Waals surface area contributed by atoms with E-state index >= 15 is 0 Å². The third kappa shape index (κ3) is 3.27. The highest BCUT2D eigenvalue weighted by Crippen LogP contribution is 2.67. The molecule has 3 saturated carbocycles. The number of hydrogen-bond acceptors (Lipinski definition) is 4. The molecule has 5 heteroatoms. The van der Waals surface area contributed by atoms with E-state index in [-0.39, 0.29) is 12.2 Å². The van der Waals surface area contributed by atoms with E-state index in [1.165, 1.54) is 12.5 Å². The number of fused-ring (bicyclic) bond motifs is 5. The lowest BCUT2D eigenvalue weighted by Crippen LogP contribution is -2.54. The van der Waals surface area contributed by atoms with Gasteiger partial charge in [-0.1, -0.05) is 31.2 Å². The first-order valence-corrected chi connectivity index (χ1v) is 11.5. The first kappa shape index (κ1) is 22.2. The molecular formula is C26H34O5. The van der Waals surface area contributed by atoms with Gasteiger partial charge >= 0.3 is 5.97 Å². The Kier molecular flexibility index (Phi) is 5.40. The third-order valence-electron chi connectivity index (χ3n) is 9.17. The zero-order valence-corrected chi connectivity index (χ0v) is 18.7. The van der Waals surface area contributed by atoms with Crippen molar-refractivity contribution in [2.45, 2.75) is 70.8 Å². The molecule has 0 aliphatic heterocycles. The highest BCUT2D eigenvalue weighted by Gasteiger charge is 2.64. The Bertz CT molecular complexity index is 883. The summed E-state index contributed by atoms with van der Waals surface area (Å²) in [6.45, 7) is 12.0. The molecule has 3 fully saturated rings. The lowest BCUT2D eigenvalue weighted by Gasteiger charge is -2.57. The van der Waals surface area contributed by atoms with Crippen LogP contribution in [0.25, 0.3) is 0 Å². The van der Waals surface area contributed by atoms with Crippen LogP contribution in [0.5, 0.6) is 0 Å². The molecule has 5 nitrogen and oxygen atoms in total. The van der Waals surface area contributed by atoms with E-state index < -0.39 is 28.7 Å². The molecule has 0 aromatic rings. The molecule has 0 saturated heterocycles. The van der Waals surface area contributed by atoms with Crippen LogP contribution in [0.1, 0.15) is 65.2 Å². The summed E-state index contributed by atoms with van der Waals surface area (Å²) in [5, 5.41) is 21.4. The van der Waals surface area contributed by atoms with Crippen molar-refractivity contribution in [2.75, 3.05) is 0 Å². The molecule has 0 aromatic carbocycles. The van der Waals surface area contributed by atoms with Crippen molar-refractivity contribution in [1.29, 1.82) is 0 Å². The molecule has 0 radical (unpaired) electrons. The molecule has 4 aliphatic rings. The van der Waals surface area contributed by atoms with Crippen LogP contribution in [0.3, 0.4) is 0 Å². The molecule has 0 heterocycles. The van der Waals surface area contributed by atoms with Crippen molar-refractivity contribution in [2.24, 2.45) is 35.0 Å². The van der Waals surface area contributed by atoms with Crippen LogP contribution >= 0.6 is 0 Å². The first-order chi connectivity index (χ1) is 14.5. The summed E-state index contributed by atoms with van der Waals surface area (Å²) in [7, 11) is 0. The normalized spacial score (nSPS) is 40.3. The van der Waals surface area contributed by atoms with Gasteiger partial charge in [0.05, 0.1) is 5.60 Å². The van der Waals surface area contributed by atoms with Crippen LogP contribution < -0.4 is 0 Å². The van der Waals surface area contributed by atoms with Gasteiger partial charge in [0.2, 0.25) is 0 Å². The predicted octanol–water partition coefficient (Wildman–Crippen LogP) is 4.26. The molecule has 0 spiro atoms. The van der Waals surface area contributed by atoms with Gasteiger partial charge in [-0.2, -0.15) is 0 Å². The Balaban J connectivity index is 1.62. The van der Waals surface area contributed by atoms with E-state index in [2.05, 4.69) is 20.1 Å². The Morgan fingerprint density at radius 3 is 2.61 bits per heavy atom. The van der Waals surface area contributed by atoms with Gasteiger partial charge in [0, 0.05) is 11.8 Å². The number of carboxylic acid groups (broad SMARTS) is 1. The third-order valence-corrected chi connectivity index (χ3v) is 9.17. The quantitative estimate of drug-likeness (QED) is 0.506. The topological polar surface area (TPSA) is 91.7 Å². The summed E-state index contributed by atoms with van der Waals surface area (Å²) in [5.41, 5.74) is 1.22. The van der Waals surface area contributed by atoms with E-state index in [0.717, 1.165) is 31.3 Å². The Labute approximate surface area is 184 Å². The minimum Gasteiger partial charge on any atom is -0.481 e. The number of hydrogen-bond donors (Lipinski definition) is 2. The van der Waals surface area contributed by atoms with E-state index in [4.69, 9.17) is 0 Å².